The summed E-state index contributed by atoms with van der Waals surface area (Å²) in [7, 11) is -1.01. The van der Waals surface area contributed by atoms with Gasteiger partial charge in [0.25, 0.3) is 0 Å². The molecule has 0 bridgehead atoms. The minimum absolute atomic E-state index is 0.158. The lowest BCUT2D eigenvalue weighted by atomic mass is 10.1. The summed E-state index contributed by atoms with van der Waals surface area (Å²) in [4.78, 5) is 0. The van der Waals surface area contributed by atoms with Crippen molar-refractivity contribution in [3.05, 3.63) is 35.6 Å². The highest BCUT2D eigenvalue weighted by Gasteiger charge is 2.35. The molecule has 0 amide bonds. The Kier molecular flexibility index (Phi) is 3.87. The lowest BCUT2D eigenvalue weighted by Gasteiger charge is -2.30. The number of nitrogens with zero attached hydrogens (tertiary/aromatic N) is 1. The Balaban J connectivity index is 2.22. The van der Waals surface area contributed by atoms with E-state index in [1.54, 1.807) is 12.1 Å². The summed E-state index contributed by atoms with van der Waals surface area (Å²) in [5, 5.41) is 0. The van der Waals surface area contributed by atoms with Gasteiger partial charge in [-0.3, -0.25) is 0 Å². The molecule has 0 saturated carbocycles. The number of hydrogen-bond acceptors (Lipinski definition) is 1. The molecule has 0 N–H and O–H groups in total. The maximum Gasteiger partial charge on any atom is 0.123 e. The highest BCUT2D eigenvalue weighted by molar-refractivity contribution is 7.84. The van der Waals surface area contributed by atoms with Crippen LogP contribution in [-0.2, 0) is 11.0 Å². The van der Waals surface area contributed by atoms with Gasteiger partial charge in [0.05, 0.1) is 4.75 Å². The maximum absolute atomic E-state index is 12.9. The van der Waals surface area contributed by atoms with Crippen molar-refractivity contribution in [1.82, 2.24) is 4.31 Å². The molecule has 2 rings (SSSR count). The molecular weight excluding hydrogens is 249 g/mol. The predicted octanol–water partition coefficient (Wildman–Crippen LogP) is 3.42. The molecule has 1 fully saturated rings. The van der Waals surface area contributed by atoms with Crippen molar-refractivity contribution < 1.29 is 8.60 Å². The molecule has 1 aliphatic rings. The zero-order valence-corrected chi connectivity index (χ0v) is 12.0. The van der Waals surface area contributed by atoms with Crippen LogP contribution in [0.25, 0.3) is 0 Å². The van der Waals surface area contributed by atoms with E-state index in [9.17, 15) is 8.60 Å². The highest BCUT2D eigenvalue weighted by Crippen LogP contribution is 2.35. The van der Waals surface area contributed by atoms with Gasteiger partial charge in [0.2, 0.25) is 0 Å². The van der Waals surface area contributed by atoms with E-state index in [4.69, 9.17) is 0 Å². The Morgan fingerprint density at radius 3 is 2.44 bits per heavy atom. The third kappa shape index (κ3) is 2.81. The fraction of sp³-hybridized carbons (Fsp3) is 0.571. The first-order valence-electron chi connectivity index (χ1n) is 6.34. The zero-order chi connectivity index (χ0) is 13.3. The van der Waals surface area contributed by atoms with E-state index < -0.39 is 11.0 Å². The lowest BCUT2D eigenvalue weighted by molar-refractivity contribution is 0.415. The van der Waals surface area contributed by atoms with Gasteiger partial charge in [0.15, 0.2) is 0 Å². The molecule has 1 aromatic rings. The van der Waals surface area contributed by atoms with Crippen LogP contribution in [0.3, 0.4) is 0 Å². The van der Waals surface area contributed by atoms with E-state index in [-0.39, 0.29) is 16.6 Å². The third-order valence-corrected chi connectivity index (χ3v) is 5.11. The van der Waals surface area contributed by atoms with Crippen LogP contribution in [0.1, 0.15) is 45.2 Å². The molecule has 0 aromatic heterocycles. The summed E-state index contributed by atoms with van der Waals surface area (Å²) >= 11 is 0. The Morgan fingerprint density at radius 1 is 1.28 bits per heavy atom. The standard InChI is InChI=1S/C14H20FNOS/c1-14(2,3)18(17)16-10-4-5-13(16)11-6-8-12(15)9-7-11/h6-9,13H,4-5,10H2,1-3H3/t13-,18?/m1/s1. The lowest BCUT2D eigenvalue weighted by Crippen LogP contribution is -2.37. The minimum Gasteiger partial charge on any atom is -0.242 e. The molecule has 1 saturated heterocycles. The normalized spacial score (nSPS) is 23.2. The minimum atomic E-state index is -1.01. The van der Waals surface area contributed by atoms with Gasteiger partial charge in [-0.15, -0.1) is 0 Å². The van der Waals surface area contributed by atoms with Crippen LogP contribution < -0.4 is 0 Å². The average molecular weight is 269 g/mol. The zero-order valence-electron chi connectivity index (χ0n) is 11.1. The summed E-state index contributed by atoms with van der Waals surface area (Å²) < 4.78 is 27.2. The van der Waals surface area contributed by atoms with Gasteiger partial charge in [-0.2, -0.15) is 0 Å². The van der Waals surface area contributed by atoms with Crippen LogP contribution in [0.5, 0.6) is 0 Å². The Labute approximate surface area is 111 Å². The SMILES string of the molecule is CC(C)(C)S(=O)N1CCC[C@@H]1c1ccc(F)cc1. The van der Waals surface area contributed by atoms with Crippen molar-refractivity contribution in [1.29, 1.82) is 0 Å². The Hall–Kier alpha value is -0.740. The first-order chi connectivity index (χ1) is 8.39. The van der Waals surface area contributed by atoms with E-state index in [2.05, 4.69) is 0 Å². The first kappa shape index (κ1) is 13.7. The smallest absolute Gasteiger partial charge is 0.123 e. The fourth-order valence-electron chi connectivity index (χ4n) is 2.31. The van der Waals surface area contributed by atoms with Crippen LogP contribution in [0.15, 0.2) is 24.3 Å². The van der Waals surface area contributed by atoms with E-state index in [0.29, 0.717) is 0 Å². The monoisotopic (exact) mass is 269 g/mol. The topological polar surface area (TPSA) is 20.3 Å². The molecule has 18 heavy (non-hydrogen) atoms. The second kappa shape index (κ2) is 5.10. The van der Waals surface area contributed by atoms with Crippen molar-refractivity contribution in [3.63, 3.8) is 0 Å². The van der Waals surface area contributed by atoms with Crippen molar-refractivity contribution >= 4 is 11.0 Å². The molecule has 0 spiro atoms. The summed E-state index contributed by atoms with van der Waals surface area (Å²) in [6.45, 7) is 6.82. The number of rotatable bonds is 2. The van der Waals surface area contributed by atoms with Crippen LogP contribution >= 0.6 is 0 Å². The van der Waals surface area contributed by atoms with Crippen molar-refractivity contribution in [2.75, 3.05) is 6.54 Å². The van der Waals surface area contributed by atoms with Gasteiger partial charge >= 0.3 is 0 Å². The number of benzene rings is 1. The summed E-state index contributed by atoms with van der Waals surface area (Å²) in [6.07, 6.45) is 2.04. The molecule has 1 unspecified atom stereocenters. The maximum atomic E-state index is 12.9. The summed E-state index contributed by atoms with van der Waals surface area (Å²) in [5.74, 6) is -0.222. The first-order valence-corrected chi connectivity index (χ1v) is 7.44. The summed E-state index contributed by atoms with van der Waals surface area (Å²) in [6, 6.07) is 6.72. The largest absolute Gasteiger partial charge is 0.242 e. The molecule has 1 heterocycles. The van der Waals surface area contributed by atoms with Crippen LogP contribution in [0.4, 0.5) is 4.39 Å². The highest BCUT2D eigenvalue weighted by atomic mass is 32.2. The van der Waals surface area contributed by atoms with Crippen LogP contribution in [0.2, 0.25) is 0 Å². The van der Waals surface area contributed by atoms with Crippen molar-refractivity contribution in [2.24, 2.45) is 0 Å². The van der Waals surface area contributed by atoms with E-state index in [0.717, 1.165) is 24.9 Å². The number of hydrogen-bond donors (Lipinski definition) is 0. The van der Waals surface area contributed by atoms with Gasteiger partial charge in [0, 0.05) is 12.6 Å². The molecule has 1 aromatic carbocycles. The molecule has 2 nitrogen and oxygen atoms in total. The van der Waals surface area contributed by atoms with Crippen molar-refractivity contribution in [2.45, 2.75) is 44.4 Å². The van der Waals surface area contributed by atoms with Crippen LogP contribution in [-0.4, -0.2) is 19.8 Å². The quantitative estimate of drug-likeness (QED) is 0.805. The molecule has 100 valence electrons. The average Bonchev–Trinajstić information content (AvgIpc) is 2.76. The van der Waals surface area contributed by atoms with Gasteiger partial charge < -0.3 is 0 Å². The molecule has 2 atom stereocenters. The molecule has 1 aliphatic heterocycles. The van der Waals surface area contributed by atoms with E-state index in [1.807, 2.05) is 25.1 Å². The second-order valence-electron chi connectivity index (χ2n) is 5.71. The fourth-order valence-corrected chi connectivity index (χ4v) is 3.77. The van der Waals surface area contributed by atoms with E-state index >= 15 is 0 Å². The summed E-state index contributed by atoms with van der Waals surface area (Å²) in [5.41, 5.74) is 1.06. The third-order valence-electron chi connectivity index (χ3n) is 3.20. The Bertz CT molecular complexity index is 438. The van der Waals surface area contributed by atoms with Gasteiger partial charge in [-0.25, -0.2) is 12.9 Å². The van der Waals surface area contributed by atoms with Gasteiger partial charge in [0.1, 0.15) is 16.8 Å². The molecule has 4 heteroatoms. The molecular formula is C14H20FNOS. The van der Waals surface area contributed by atoms with Gasteiger partial charge in [-0.1, -0.05) is 12.1 Å². The predicted molar refractivity (Wildman–Crippen MR) is 73.0 cm³/mol. The Morgan fingerprint density at radius 2 is 1.89 bits per heavy atom. The van der Waals surface area contributed by atoms with Gasteiger partial charge in [-0.05, 0) is 51.3 Å². The van der Waals surface area contributed by atoms with Crippen molar-refractivity contribution in [3.8, 4) is 0 Å². The second-order valence-corrected chi connectivity index (χ2v) is 7.90. The number of halogens is 1. The van der Waals surface area contributed by atoms with E-state index in [1.165, 1.54) is 12.1 Å². The molecule has 0 aliphatic carbocycles. The van der Waals surface area contributed by atoms with Crippen LogP contribution in [0, 0.1) is 5.82 Å². The molecule has 0 radical (unpaired) electrons.